The highest BCUT2D eigenvalue weighted by Gasteiger charge is 2.22. The molecule has 138 valence electrons. The lowest BCUT2D eigenvalue weighted by atomic mass is 9.98. The Hall–Kier alpha value is -2.28. The van der Waals surface area contributed by atoms with Gasteiger partial charge < -0.3 is 15.4 Å². The second kappa shape index (κ2) is 9.88. The Morgan fingerprint density at radius 1 is 1.36 bits per heavy atom. The summed E-state index contributed by atoms with van der Waals surface area (Å²) in [7, 11) is 1.61. The smallest absolute Gasteiger partial charge is 0.315 e. The number of carbonyl (C=O) groups is 2. The largest absolute Gasteiger partial charge is 0.497 e. The van der Waals surface area contributed by atoms with Crippen LogP contribution in [0.1, 0.15) is 37.7 Å². The van der Waals surface area contributed by atoms with Crippen LogP contribution < -0.4 is 15.4 Å². The molecule has 1 aromatic carbocycles. The molecule has 3 N–H and O–H groups in total. The summed E-state index contributed by atoms with van der Waals surface area (Å²) in [5.74, 6) is 1.30. The van der Waals surface area contributed by atoms with E-state index < -0.39 is 0 Å². The van der Waals surface area contributed by atoms with E-state index >= 15 is 0 Å². The van der Waals surface area contributed by atoms with Crippen molar-refractivity contribution >= 4 is 12.4 Å². The molecule has 0 heterocycles. The molecule has 1 fully saturated rings. The molecule has 0 radical (unpaired) electrons. The summed E-state index contributed by atoms with van der Waals surface area (Å²) >= 11 is 0. The summed E-state index contributed by atoms with van der Waals surface area (Å²) in [5.41, 5.74) is 0.958. The number of hydrogen-bond acceptors (Lipinski definition) is 4. The van der Waals surface area contributed by atoms with Crippen molar-refractivity contribution in [2.24, 2.45) is 5.92 Å². The summed E-state index contributed by atoms with van der Waals surface area (Å²) < 4.78 is 5.10. The Morgan fingerprint density at radius 2 is 2.04 bits per heavy atom. The van der Waals surface area contributed by atoms with E-state index in [9.17, 15) is 14.8 Å². The number of amides is 3. The van der Waals surface area contributed by atoms with Crippen LogP contribution in [0.25, 0.3) is 0 Å². The SMILES string of the molecule is COc1ccc(CNC(=O)N[C@H](CC2CCCC2)CN(O)C=O)cc1. The fraction of sp³-hybridized carbons (Fsp3) is 0.556. The summed E-state index contributed by atoms with van der Waals surface area (Å²) in [4.78, 5) is 22.8. The topological polar surface area (TPSA) is 90.9 Å². The molecule has 25 heavy (non-hydrogen) atoms. The van der Waals surface area contributed by atoms with Gasteiger partial charge in [0.1, 0.15) is 5.75 Å². The van der Waals surface area contributed by atoms with Crippen LogP contribution in [-0.2, 0) is 11.3 Å². The lowest BCUT2D eigenvalue weighted by Crippen LogP contribution is -2.47. The van der Waals surface area contributed by atoms with Crippen LogP contribution in [0.2, 0.25) is 0 Å². The van der Waals surface area contributed by atoms with E-state index in [0.29, 0.717) is 23.9 Å². The minimum absolute atomic E-state index is 0.0932. The first-order valence-electron chi connectivity index (χ1n) is 8.69. The molecule has 1 atom stereocenters. The molecule has 2 rings (SSSR count). The average molecular weight is 349 g/mol. The minimum atomic E-state index is -0.307. The van der Waals surface area contributed by atoms with E-state index in [1.165, 1.54) is 12.8 Å². The maximum Gasteiger partial charge on any atom is 0.315 e. The van der Waals surface area contributed by atoms with Crippen LogP contribution in [0.4, 0.5) is 4.79 Å². The summed E-state index contributed by atoms with van der Waals surface area (Å²) in [5, 5.41) is 15.7. The molecule has 0 unspecified atom stereocenters. The molecule has 0 spiro atoms. The molecular formula is C18H27N3O4. The number of methoxy groups -OCH3 is 1. The molecule has 0 aromatic heterocycles. The molecule has 0 saturated heterocycles. The van der Waals surface area contributed by atoms with Gasteiger partial charge in [-0.2, -0.15) is 0 Å². The number of nitrogens with zero attached hydrogens (tertiary/aromatic N) is 1. The van der Waals surface area contributed by atoms with Crippen LogP contribution in [0, 0.1) is 5.92 Å². The molecule has 1 aliphatic rings. The van der Waals surface area contributed by atoms with Crippen LogP contribution in [0.15, 0.2) is 24.3 Å². The normalized spacial score (nSPS) is 15.4. The zero-order valence-corrected chi connectivity index (χ0v) is 14.6. The molecule has 7 nitrogen and oxygen atoms in total. The summed E-state index contributed by atoms with van der Waals surface area (Å²) in [6.45, 7) is 0.485. The molecule has 0 aliphatic heterocycles. The molecule has 1 aromatic rings. The maximum atomic E-state index is 12.2. The van der Waals surface area contributed by atoms with Crippen molar-refractivity contribution in [2.45, 2.75) is 44.7 Å². The Kier molecular flexibility index (Phi) is 7.53. The zero-order valence-electron chi connectivity index (χ0n) is 14.6. The first kappa shape index (κ1) is 19.1. The van der Waals surface area contributed by atoms with Crippen LogP contribution in [-0.4, -0.2) is 42.4 Å². The molecule has 1 saturated carbocycles. The predicted molar refractivity (Wildman–Crippen MR) is 93.3 cm³/mol. The maximum absolute atomic E-state index is 12.2. The number of carbonyl (C=O) groups excluding carboxylic acids is 2. The molecular weight excluding hydrogens is 322 g/mol. The lowest BCUT2D eigenvalue weighted by Gasteiger charge is -2.24. The van der Waals surface area contributed by atoms with Crippen molar-refractivity contribution in [3.05, 3.63) is 29.8 Å². The van der Waals surface area contributed by atoms with Gasteiger partial charge in [0.05, 0.1) is 19.7 Å². The van der Waals surface area contributed by atoms with Crippen molar-refractivity contribution in [3.8, 4) is 5.75 Å². The van der Waals surface area contributed by atoms with Gasteiger partial charge in [-0.25, -0.2) is 9.86 Å². The quantitative estimate of drug-likeness (QED) is 0.362. The number of nitrogens with one attached hydrogen (secondary N) is 2. The van der Waals surface area contributed by atoms with Crippen LogP contribution in [0.5, 0.6) is 5.75 Å². The zero-order chi connectivity index (χ0) is 18.1. The van der Waals surface area contributed by atoms with Crippen LogP contribution >= 0.6 is 0 Å². The Labute approximate surface area is 148 Å². The summed E-state index contributed by atoms with van der Waals surface area (Å²) in [6, 6.07) is 6.87. The van der Waals surface area contributed by atoms with Crippen molar-refractivity contribution in [1.82, 2.24) is 15.7 Å². The van der Waals surface area contributed by atoms with Gasteiger partial charge in [0.15, 0.2) is 0 Å². The van der Waals surface area contributed by atoms with Crippen molar-refractivity contribution in [3.63, 3.8) is 0 Å². The number of hydroxylamine groups is 2. The third kappa shape index (κ3) is 6.62. The number of ether oxygens (including phenoxy) is 1. The molecule has 3 amide bonds. The Morgan fingerprint density at radius 3 is 2.64 bits per heavy atom. The molecule has 0 bridgehead atoms. The Balaban J connectivity index is 1.82. The highest BCUT2D eigenvalue weighted by atomic mass is 16.5. The van der Waals surface area contributed by atoms with E-state index in [-0.39, 0.29) is 18.6 Å². The van der Waals surface area contributed by atoms with Gasteiger partial charge in [-0.3, -0.25) is 10.0 Å². The van der Waals surface area contributed by atoms with E-state index in [1.54, 1.807) is 7.11 Å². The standard InChI is InChI=1S/C18H27N3O4/c1-25-17-8-6-15(7-9-17)11-19-18(23)20-16(12-21(24)13-22)10-14-4-2-3-5-14/h6-9,13-14,16,24H,2-5,10-12H2,1H3,(H2,19,20,23)/t16-/m1/s1. The molecule has 1 aliphatic carbocycles. The van der Waals surface area contributed by atoms with Gasteiger partial charge in [0.2, 0.25) is 6.41 Å². The van der Waals surface area contributed by atoms with Crippen LogP contribution in [0.3, 0.4) is 0 Å². The third-order valence-corrected chi connectivity index (χ3v) is 4.57. The minimum Gasteiger partial charge on any atom is -0.497 e. The van der Waals surface area contributed by atoms with E-state index in [4.69, 9.17) is 4.74 Å². The second-order valence-electron chi connectivity index (χ2n) is 6.49. The predicted octanol–water partition coefficient (Wildman–Crippen LogP) is 2.29. The van der Waals surface area contributed by atoms with E-state index in [0.717, 1.165) is 30.6 Å². The highest BCUT2D eigenvalue weighted by molar-refractivity contribution is 5.74. The van der Waals surface area contributed by atoms with Gasteiger partial charge >= 0.3 is 6.03 Å². The first-order chi connectivity index (χ1) is 12.1. The van der Waals surface area contributed by atoms with E-state index in [1.807, 2.05) is 24.3 Å². The van der Waals surface area contributed by atoms with Gasteiger partial charge in [0, 0.05) is 6.54 Å². The highest BCUT2D eigenvalue weighted by Crippen LogP contribution is 2.28. The van der Waals surface area contributed by atoms with Crippen molar-refractivity contribution in [2.75, 3.05) is 13.7 Å². The first-order valence-corrected chi connectivity index (χ1v) is 8.69. The third-order valence-electron chi connectivity index (χ3n) is 4.57. The summed E-state index contributed by atoms with van der Waals surface area (Å²) in [6.07, 6.45) is 5.81. The van der Waals surface area contributed by atoms with Gasteiger partial charge in [-0.1, -0.05) is 37.8 Å². The van der Waals surface area contributed by atoms with Crippen molar-refractivity contribution in [1.29, 1.82) is 0 Å². The average Bonchev–Trinajstić information content (AvgIpc) is 3.13. The van der Waals surface area contributed by atoms with Crippen molar-refractivity contribution < 1.29 is 19.5 Å². The number of urea groups is 1. The monoisotopic (exact) mass is 349 g/mol. The fourth-order valence-corrected chi connectivity index (χ4v) is 3.26. The van der Waals surface area contributed by atoms with Gasteiger partial charge in [-0.15, -0.1) is 0 Å². The fourth-order valence-electron chi connectivity index (χ4n) is 3.26. The van der Waals surface area contributed by atoms with E-state index in [2.05, 4.69) is 10.6 Å². The Bertz CT molecular complexity index is 544. The van der Waals surface area contributed by atoms with Gasteiger partial charge in [-0.05, 0) is 30.0 Å². The number of benzene rings is 1. The lowest BCUT2D eigenvalue weighted by molar-refractivity contribution is -0.151. The second-order valence-corrected chi connectivity index (χ2v) is 6.49. The number of hydrogen-bond donors (Lipinski definition) is 3. The van der Waals surface area contributed by atoms with Gasteiger partial charge in [0.25, 0.3) is 0 Å². The molecule has 7 heteroatoms. The number of rotatable bonds is 9.